The van der Waals surface area contributed by atoms with Gasteiger partial charge in [0.05, 0.1) is 24.2 Å². The number of hydrogen-bond donors (Lipinski definition) is 1. The normalized spacial score (nSPS) is 11.2. The van der Waals surface area contributed by atoms with E-state index in [9.17, 15) is 4.79 Å². The molecule has 0 saturated carbocycles. The van der Waals surface area contributed by atoms with Gasteiger partial charge in [-0.25, -0.2) is 4.98 Å². The summed E-state index contributed by atoms with van der Waals surface area (Å²) in [4.78, 5) is 15.9. The van der Waals surface area contributed by atoms with E-state index < -0.39 is 0 Å². The van der Waals surface area contributed by atoms with Crippen molar-refractivity contribution in [1.29, 1.82) is 0 Å². The molecule has 0 aliphatic carbocycles. The van der Waals surface area contributed by atoms with Gasteiger partial charge in [0.25, 0.3) is 0 Å². The topological polar surface area (TPSA) is 60.5 Å². The van der Waals surface area contributed by atoms with E-state index in [0.717, 1.165) is 0 Å². The second-order valence-electron chi connectivity index (χ2n) is 5.18. The van der Waals surface area contributed by atoms with Gasteiger partial charge in [0.2, 0.25) is 11.8 Å². The van der Waals surface area contributed by atoms with Gasteiger partial charge in [-0.1, -0.05) is 20.8 Å². The second-order valence-corrected chi connectivity index (χ2v) is 6.98. The van der Waals surface area contributed by atoms with Gasteiger partial charge >= 0.3 is 0 Å². The molecular weight excluding hydrogens is 276 g/mol. The lowest BCUT2D eigenvalue weighted by Gasteiger charge is -2.16. The Morgan fingerprint density at radius 3 is 2.65 bits per heavy atom. The van der Waals surface area contributed by atoms with Gasteiger partial charge in [0.15, 0.2) is 0 Å². The highest BCUT2D eigenvalue weighted by atomic mass is 32.2. The summed E-state index contributed by atoms with van der Waals surface area (Å²) in [7, 11) is 1.62. The van der Waals surface area contributed by atoms with Crippen molar-refractivity contribution in [2.24, 2.45) is 0 Å². The minimum atomic E-state index is -0.0280. The molecule has 112 valence electrons. The monoisotopic (exact) mass is 298 g/mol. The molecule has 0 aliphatic heterocycles. The fourth-order valence-corrected chi connectivity index (χ4v) is 1.88. The van der Waals surface area contributed by atoms with Crippen LogP contribution in [-0.4, -0.2) is 41.7 Å². The first-order valence-corrected chi connectivity index (χ1v) is 7.41. The summed E-state index contributed by atoms with van der Waals surface area (Å²) in [5.74, 6) is 0.916. The number of amides is 1. The Morgan fingerprint density at radius 1 is 1.35 bits per heavy atom. The summed E-state index contributed by atoms with van der Waals surface area (Å²) in [6, 6.07) is 3.50. The van der Waals surface area contributed by atoms with Crippen molar-refractivity contribution in [3.05, 3.63) is 18.3 Å². The van der Waals surface area contributed by atoms with Gasteiger partial charge in [0, 0.05) is 17.9 Å². The molecule has 1 N–H and O–H groups in total. The number of thioether (sulfide) groups is 1. The van der Waals surface area contributed by atoms with Crippen LogP contribution in [0.3, 0.4) is 0 Å². The first kappa shape index (κ1) is 16.8. The molecular formula is C14H22N2O3S. The Balaban J connectivity index is 2.39. The number of anilines is 1. The SMILES string of the molecule is COCCOc1ccc(NC(=O)CSC(C)(C)C)cn1. The summed E-state index contributed by atoms with van der Waals surface area (Å²) in [5, 5.41) is 2.81. The van der Waals surface area contributed by atoms with E-state index >= 15 is 0 Å². The number of ether oxygens (including phenoxy) is 2. The van der Waals surface area contributed by atoms with Crippen LogP contribution in [0.25, 0.3) is 0 Å². The van der Waals surface area contributed by atoms with Crippen LogP contribution in [0.2, 0.25) is 0 Å². The maximum atomic E-state index is 11.7. The van der Waals surface area contributed by atoms with Gasteiger partial charge in [-0.05, 0) is 6.07 Å². The van der Waals surface area contributed by atoms with E-state index in [1.54, 1.807) is 37.2 Å². The Morgan fingerprint density at radius 2 is 2.10 bits per heavy atom. The largest absolute Gasteiger partial charge is 0.475 e. The van der Waals surface area contributed by atoms with E-state index in [1.165, 1.54) is 0 Å². The highest BCUT2D eigenvalue weighted by Gasteiger charge is 2.13. The van der Waals surface area contributed by atoms with Crippen LogP contribution in [0, 0.1) is 0 Å². The molecule has 0 bridgehead atoms. The van der Waals surface area contributed by atoms with Gasteiger partial charge < -0.3 is 14.8 Å². The molecule has 1 amide bonds. The van der Waals surface area contributed by atoms with Crippen LogP contribution < -0.4 is 10.1 Å². The van der Waals surface area contributed by atoms with Gasteiger partial charge in [-0.3, -0.25) is 4.79 Å². The molecule has 0 saturated heterocycles. The van der Waals surface area contributed by atoms with Crippen molar-refractivity contribution in [1.82, 2.24) is 4.98 Å². The zero-order valence-corrected chi connectivity index (χ0v) is 13.3. The number of carbonyl (C=O) groups excluding carboxylic acids is 1. The predicted octanol–water partition coefficient (Wildman–Crippen LogP) is 2.58. The summed E-state index contributed by atoms with van der Waals surface area (Å²) < 4.78 is 10.3. The molecule has 0 unspecified atom stereocenters. The van der Waals surface area contributed by atoms with Crippen LogP contribution in [0.15, 0.2) is 18.3 Å². The number of methoxy groups -OCH3 is 1. The summed E-state index contributed by atoms with van der Waals surface area (Å²) in [5.41, 5.74) is 0.670. The van der Waals surface area contributed by atoms with Crippen molar-refractivity contribution < 1.29 is 14.3 Å². The molecule has 6 heteroatoms. The highest BCUT2D eigenvalue weighted by Crippen LogP contribution is 2.23. The van der Waals surface area contributed by atoms with Crippen molar-refractivity contribution in [2.75, 3.05) is 31.4 Å². The molecule has 1 aromatic heterocycles. The van der Waals surface area contributed by atoms with E-state index in [1.807, 2.05) is 0 Å². The van der Waals surface area contributed by atoms with E-state index in [2.05, 4.69) is 31.1 Å². The Kier molecular flexibility index (Phi) is 6.81. The van der Waals surface area contributed by atoms with Gasteiger partial charge in [-0.2, -0.15) is 0 Å². The average molecular weight is 298 g/mol. The standard InChI is InChI=1S/C14H22N2O3S/c1-14(2,3)20-10-12(17)16-11-5-6-13(15-9-11)19-8-7-18-4/h5-6,9H,7-8,10H2,1-4H3,(H,16,17). The zero-order chi connectivity index (χ0) is 15.0. The quantitative estimate of drug-likeness (QED) is 0.784. The molecule has 0 atom stereocenters. The third-order valence-electron chi connectivity index (χ3n) is 2.19. The number of pyridine rings is 1. The van der Waals surface area contributed by atoms with E-state index in [0.29, 0.717) is 30.5 Å². The molecule has 1 aromatic rings. The van der Waals surface area contributed by atoms with Crippen molar-refractivity contribution in [3.63, 3.8) is 0 Å². The lowest BCUT2D eigenvalue weighted by molar-refractivity contribution is -0.113. The molecule has 0 fully saturated rings. The van der Waals surface area contributed by atoms with E-state index in [-0.39, 0.29) is 10.7 Å². The minimum absolute atomic E-state index is 0.0280. The van der Waals surface area contributed by atoms with Crippen LogP contribution in [0.4, 0.5) is 5.69 Å². The molecule has 0 radical (unpaired) electrons. The predicted molar refractivity (Wildman–Crippen MR) is 82.4 cm³/mol. The van der Waals surface area contributed by atoms with Crippen molar-refractivity contribution in [2.45, 2.75) is 25.5 Å². The Hall–Kier alpha value is -1.27. The zero-order valence-electron chi connectivity index (χ0n) is 12.4. The van der Waals surface area contributed by atoms with Gasteiger partial charge in [-0.15, -0.1) is 11.8 Å². The summed E-state index contributed by atoms with van der Waals surface area (Å²) in [6.07, 6.45) is 1.59. The van der Waals surface area contributed by atoms with Crippen molar-refractivity contribution in [3.8, 4) is 5.88 Å². The number of rotatable bonds is 7. The maximum absolute atomic E-state index is 11.7. The fourth-order valence-electron chi connectivity index (χ4n) is 1.25. The lowest BCUT2D eigenvalue weighted by Crippen LogP contribution is -2.19. The molecule has 0 aliphatic rings. The number of carbonyl (C=O) groups is 1. The average Bonchev–Trinajstić information content (AvgIpc) is 2.38. The number of aromatic nitrogens is 1. The van der Waals surface area contributed by atoms with Crippen molar-refractivity contribution >= 4 is 23.4 Å². The lowest BCUT2D eigenvalue weighted by atomic mass is 10.3. The summed E-state index contributed by atoms with van der Waals surface area (Å²) in [6.45, 7) is 7.22. The second kappa shape index (κ2) is 8.11. The first-order valence-electron chi connectivity index (χ1n) is 6.42. The van der Waals surface area contributed by atoms with E-state index in [4.69, 9.17) is 9.47 Å². The minimum Gasteiger partial charge on any atom is -0.475 e. The Bertz CT molecular complexity index is 415. The third kappa shape index (κ3) is 7.35. The molecule has 1 heterocycles. The molecule has 0 aromatic carbocycles. The summed E-state index contributed by atoms with van der Waals surface area (Å²) >= 11 is 1.61. The van der Waals surface area contributed by atoms with Gasteiger partial charge in [0.1, 0.15) is 6.61 Å². The molecule has 5 nitrogen and oxygen atoms in total. The molecule has 1 rings (SSSR count). The number of hydrogen-bond acceptors (Lipinski definition) is 5. The van der Waals surface area contributed by atoms with Crippen LogP contribution >= 0.6 is 11.8 Å². The number of nitrogens with zero attached hydrogens (tertiary/aromatic N) is 1. The smallest absolute Gasteiger partial charge is 0.234 e. The molecule has 0 spiro atoms. The van der Waals surface area contributed by atoms with Crippen LogP contribution in [-0.2, 0) is 9.53 Å². The fraction of sp³-hybridized carbons (Fsp3) is 0.571. The first-order chi connectivity index (χ1) is 9.40. The maximum Gasteiger partial charge on any atom is 0.234 e. The van der Waals surface area contributed by atoms with Crippen LogP contribution in [0.1, 0.15) is 20.8 Å². The highest BCUT2D eigenvalue weighted by molar-refractivity contribution is 8.01. The third-order valence-corrected chi connectivity index (χ3v) is 3.47. The number of nitrogens with one attached hydrogen (secondary N) is 1. The van der Waals surface area contributed by atoms with Crippen LogP contribution in [0.5, 0.6) is 5.88 Å². The molecule has 20 heavy (non-hydrogen) atoms. The Labute approximate surface area is 124 Å².